The zero-order chi connectivity index (χ0) is 15.5. The molecule has 1 aromatic rings. The van der Waals surface area contributed by atoms with Crippen molar-refractivity contribution in [2.45, 2.75) is 38.9 Å². The monoisotopic (exact) mass is 290 g/mol. The van der Waals surface area contributed by atoms with Crippen LogP contribution in [0.4, 0.5) is 0 Å². The van der Waals surface area contributed by atoms with Gasteiger partial charge in [-0.2, -0.15) is 0 Å². The van der Waals surface area contributed by atoms with Gasteiger partial charge >= 0.3 is 7.12 Å². The third-order valence-electron chi connectivity index (χ3n) is 3.10. The van der Waals surface area contributed by atoms with Crippen LogP contribution in [0.3, 0.4) is 0 Å². The molecule has 0 aromatic carbocycles. The van der Waals surface area contributed by atoms with Crippen LogP contribution in [-0.4, -0.2) is 27.9 Å². The van der Waals surface area contributed by atoms with Crippen LogP contribution in [0, 0.1) is 0 Å². The molecule has 0 saturated carbocycles. The zero-order valence-corrected chi connectivity index (χ0v) is 11.3. The maximum Gasteiger partial charge on any atom is 0.516 e. The first-order valence-corrected chi connectivity index (χ1v) is 5.77. The average molecular weight is 291 g/mol. The molecule has 0 bridgehead atoms. The van der Waals surface area contributed by atoms with E-state index in [0.29, 0.717) is 0 Å². The quantitative estimate of drug-likeness (QED) is 0.735. The van der Waals surface area contributed by atoms with Gasteiger partial charge in [0.05, 0.1) is 18.2 Å². The smallest absolute Gasteiger partial charge is 0.398 e. The van der Waals surface area contributed by atoms with Gasteiger partial charge in [0.2, 0.25) is 0 Å². The maximum absolute atomic E-state index is 8.00. The molecule has 0 amide bonds. The first-order chi connectivity index (χ1) is 8.87. The fourth-order valence-corrected chi connectivity index (χ4v) is 1.67. The van der Waals surface area contributed by atoms with Gasteiger partial charge in [0.15, 0.2) is 4.73 Å². The summed E-state index contributed by atoms with van der Waals surface area (Å²) >= 11 is 3.07. The van der Waals surface area contributed by atoms with Crippen LogP contribution in [0.5, 0.6) is 0 Å². The molecule has 0 unspecified atom stereocenters. The Labute approximate surface area is 110 Å². The summed E-state index contributed by atoms with van der Waals surface area (Å²) < 4.78 is 42.7. The van der Waals surface area contributed by atoms with E-state index in [1.54, 1.807) is 0 Å². The van der Waals surface area contributed by atoms with Gasteiger partial charge in [0.1, 0.15) is 0 Å². The van der Waals surface area contributed by atoms with Gasteiger partial charge in [0.25, 0.3) is 0 Å². The molecule has 2 rings (SSSR count). The first-order valence-electron chi connectivity index (χ1n) is 6.98. The summed E-state index contributed by atoms with van der Waals surface area (Å²) in [6, 6.07) is 0. The van der Waals surface area contributed by atoms with Crippen molar-refractivity contribution >= 4 is 28.6 Å². The minimum absolute atomic E-state index is 0.0622. The second-order valence-electron chi connectivity index (χ2n) is 4.80. The molecular weight excluding hydrogens is 271 g/mol. The summed E-state index contributed by atoms with van der Waals surface area (Å²) in [6.45, 7) is 5.04. The second kappa shape index (κ2) is 3.58. The molecule has 1 saturated heterocycles. The van der Waals surface area contributed by atoms with Crippen LogP contribution in [0.25, 0.3) is 0 Å². The molecule has 16 heavy (non-hydrogen) atoms. The fraction of sp³-hybridized carbons (Fsp3) is 0.700. The Hall–Kier alpha value is -0.325. The van der Waals surface area contributed by atoms with Crippen molar-refractivity contribution in [1.29, 1.82) is 0 Å². The third-order valence-corrected chi connectivity index (χ3v) is 3.63. The van der Waals surface area contributed by atoms with Gasteiger partial charge in [0, 0.05) is 17.3 Å². The number of imidazole rings is 1. The highest BCUT2D eigenvalue weighted by Crippen LogP contribution is 2.36. The Morgan fingerprint density at radius 1 is 1.44 bits per heavy atom. The van der Waals surface area contributed by atoms with Crippen molar-refractivity contribution in [2.24, 2.45) is 6.98 Å². The highest BCUT2D eigenvalue weighted by molar-refractivity contribution is 9.10. The fourth-order valence-electron chi connectivity index (χ4n) is 1.40. The van der Waals surface area contributed by atoms with E-state index < -0.39 is 25.3 Å². The topological polar surface area (TPSA) is 36.3 Å². The lowest BCUT2D eigenvalue weighted by atomic mass is 9.86. The van der Waals surface area contributed by atoms with Gasteiger partial charge in [-0.1, -0.05) is 0 Å². The van der Waals surface area contributed by atoms with E-state index in [4.69, 9.17) is 14.8 Å². The van der Waals surface area contributed by atoms with Gasteiger partial charge in [-0.25, -0.2) is 4.98 Å². The zero-order valence-electron chi connectivity index (χ0n) is 13.7. The van der Waals surface area contributed by atoms with Crippen LogP contribution < -0.4 is 5.59 Å². The van der Waals surface area contributed by atoms with Gasteiger partial charge in [-0.15, -0.1) is 0 Å². The summed E-state index contributed by atoms with van der Waals surface area (Å²) in [5.74, 6) is 0. The predicted octanol–water partition coefficient (Wildman–Crippen LogP) is 1.48. The molecule has 4 nitrogen and oxygen atoms in total. The lowest BCUT2D eigenvalue weighted by Crippen LogP contribution is -2.41. The number of nitrogens with zero attached hydrogens (tertiary/aromatic N) is 2. The van der Waals surface area contributed by atoms with E-state index in [0.717, 1.165) is 4.57 Å². The Morgan fingerprint density at radius 2 is 2.00 bits per heavy atom. The van der Waals surface area contributed by atoms with Gasteiger partial charge < -0.3 is 13.9 Å². The average Bonchev–Trinajstić information content (AvgIpc) is 2.60. The molecule has 2 heterocycles. The van der Waals surface area contributed by atoms with Crippen molar-refractivity contribution in [2.75, 3.05) is 0 Å². The van der Waals surface area contributed by atoms with Crippen molar-refractivity contribution < 1.29 is 14.8 Å². The Morgan fingerprint density at radius 3 is 2.44 bits per heavy atom. The Balaban J connectivity index is 2.43. The molecule has 0 N–H and O–H groups in total. The molecule has 1 fully saturated rings. The number of aromatic nitrogens is 2. The van der Waals surface area contributed by atoms with Gasteiger partial charge in [-0.05, 0) is 43.6 Å². The molecule has 0 atom stereocenters. The molecule has 88 valence electrons. The standard InChI is InChI=1S/C10H16BBrN2O2/c1-9(2)10(3,4)16-11(15-9)7-6-14(5)8(12)13-7/h6H,1-5H3/i5D3,6D. The molecule has 0 radical (unpaired) electrons. The number of hydrogen-bond acceptors (Lipinski definition) is 3. The lowest BCUT2D eigenvalue weighted by Gasteiger charge is -2.32. The SMILES string of the molecule is [2H]c1c(B2OC(C)(C)C(C)(C)O2)nc(Br)n1C([2H])([2H])[2H]. The number of hydrogen-bond donors (Lipinski definition) is 0. The number of rotatable bonds is 1. The summed E-state index contributed by atoms with van der Waals surface area (Å²) in [5, 5.41) is 0. The van der Waals surface area contributed by atoms with Gasteiger partial charge in [-0.3, -0.25) is 0 Å². The minimum Gasteiger partial charge on any atom is -0.398 e. The van der Waals surface area contributed by atoms with Crippen LogP contribution in [0.2, 0.25) is 0 Å². The van der Waals surface area contributed by atoms with Crippen LogP contribution in [0.15, 0.2) is 10.9 Å². The van der Waals surface area contributed by atoms with E-state index in [9.17, 15) is 0 Å². The van der Waals surface area contributed by atoms with Crippen molar-refractivity contribution in [3.8, 4) is 0 Å². The lowest BCUT2D eigenvalue weighted by molar-refractivity contribution is 0.00578. The molecule has 1 aromatic heterocycles. The van der Waals surface area contributed by atoms with E-state index in [1.807, 2.05) is 27.7 Å². The first kappa shape index (κ1) is 7.90. The number of halogens is 1. The third kappa shape index (κ3) is 1.83. The molecular formula is C10H16BBrN2O2. The summed E-state index contributed by atoms with van der Waals surface area (Å²) in [7, 11) is -0.854. The highest BCUT2D eigenvalue weighted by Gasteiger charge is 2.52. The van der Waals surface area contributed by atoms with Crippen LogP contribution in [0.1, 0.15) is 33.2 Å². The Bertz CT molecular complexity index is 528. The largest absolute Gasteiger partial charge is 0.516 e. The van der Waals surface area contributed by atoms with E-state index in [-0.39, 0.29) is 16.5 Å². The van der Waals surface area contributed by atoms with E-state index >= 15 is 0 Å². The minimum atomic E-state index is -2.48. The molecule has 1 aliphatic rings. The molecule has 0 aliphatic carbocycles. The molecule has 1 aliphatic heterocycles. The van der Waals surface area contributed by atoms with Crippen molar-refractivity contribution in [3.63, 3.8) is 0 Å². The predicted molar refractivity (Wildman–Crippen MR) is 66.6 cm³/mol. The van der Waals surface area contributed by atoms with E-state index in [1.165, 1.54) is 0 Å². The second-order valence-corrected chi connectivity index (χ2v) is 5.51. The summed E-state index contributed by atoms with van der Waals surface area (Å²) in [4.78, 5) is 4.07. The summed E-state index contributed by atoms with van der Waals surface area (Å²) in [6.07, 6.45) is -0.240. The summed E-state index contributed by atoms with van der Waals surface area (Å²) in [5.41, 5.74) is -0.979. The Kier molecular flexibility index (Phi) is 1.77. The van der Waals surface area contributed by atoms with Crippen molar-refractivity contribution in [1.82, 2.24) is 9.55 Å². The van der Waals surface area contributed by atoms with Crippen molar-refractivity contribution in [3.05, 3.63) is 10.9 Å². The maximum atomic E-state index is 8.00. The van der Waals surface area contributed by atoms with Crippen LogP contribution >= 0.6 is 15.9 Å². The van der Waals surface area contributed by atoms with Crippen LogP contribution in [-0.2, 0) is 16.3 Å². The molecule has 0 spiro atoms. The normalized spacial score (nSPS) is 27.2. The molecule has 6 heteroatoms. The highest BCUT2D eigenvalue weighted by atomic mass is 79.9. The van der Waals surface area contributed by atoms with E-state index in [2.05, 4.69) is 20.9 Å².